The minimum atomic E-state index is 0.0641. The molecule has 0 N–H and O–H groups in total. The van der Waals surface area contributed by atoms with Crippen LogP contribution in [0.15, 0.2) is 24.7 Å². The van der Waals surface area contributed by atoms with E-state index in [1.807, 2.05) is 11.9 Å². The van der Waals surface area contributed by atoms with Gasteiger partial charge in [0.15, 0.2) is 0 Å². The standard InChI is InChI=1S/C16H23N3O/c1-19(15-7-5-3-2-4-6-8-15)16(20)10-9-14-11-12-17-13-18-14/h9-13,15H,2-8H2,1H3. The molecule has 0 aliphatic heterocycles. The molecule has 4 heteroatoms. The molecule has 0 bridgehead atoms. The fraction of sp³-hybridized carbons (Fsp3) is 0.562. The number of likely N-dealkylation sites (N-methyl/N-ethyl adjacent to an activating group) is 1. The van der Waals surface area contributed by atoms with Crippen molar-refractivity contribution in [2.75, 3.05) is 7.05 Å². The number of hydrogen-bond donors (Lipinski definition) is 0. The van der Waals surface area contributed by atoms with Gasteiger partial charge in [-0.05, 0) is 25.0 Å². The van der Waals surface area contributed by atoms with E-state index in [-0.39, 0.29) is 5.91 Å². The average molecular weight is 273 g/mol. The molecule has 0 spiro atoms. The van der Waals surface area contributed by atoms with Crippen molar-refractivity contribution in [2.24, 2.45) is 0 Å². The number of amides is 1. The maximum Gasteiger partial charge on any atom is 0.246 e. The molecule has 1 fully saturated rings. The van der Waals surface area contributed by atoms with Gasteiger partial charge in [-0.15, -0.1) is 0 Å². The third-order valence-corrected chi connectivity index (χ3v) is 3.97. The molecule has 2 rings (SSSR count). The average Bonchev–Trinajstić information content (AvgIpc) is 2.45. The molecule has 0 radical (unpaired) electrons. The minimum absolute atomic E-state index is 0.0641. The van der Waals surface area contributed by atoms with Crippen LogP contribution in [0.25, 0.3) is 6.08 Å². The first kappa shape index (κ1) is 14.7. The van der Waals surface area contributed by atoms with Crippen molar-refractivity contribution in [2.45, 2.75) is 51.0 Å². The van der Waals surface area contributed by atoms with E-state index in [0.717, 1.165) is 18.5 Å². The highest BCUT2D eigenvalue weighted by Crippen LogP contribution is 2.20. The molecule has 0 aromatic carbocycles. The van der Waals surface area contributed by atoms with Crippen LogP contribution in [-0.2, 0) is 4.79 Å². The van der Waals surface area contributed by atoms with Gasteiger partial charge in [0.1, 0.15) is 6.33 Å². The molecular formula is C16H23N3O. The largest absolute Gasteiger partial charge is 0.339 e. The Morgan fingerprint density at radius 1 is 1.25 bits per heavy atom. The Kier molecular flexibility index (Phi) is 5.71. The Morgan fingerprint density at radius 3 is 2.60 bits per heavy atom. The number of carbonyl (C=O) groups excluding carboxylic acids is 1. The molecule has 0 saturated heterocycles. The topological polar surface area (TPSA) is 46.1 Å². The zero-order valence-corrected chi connectivity index (χ0v) is 12.2. The molecule has 1 aromatic heterocycles. The summed E-state index contributed by atoms with van der Waals surface area (Å²) < 4.78 is 0. The Morgan fingerprint density at radius 2 is 1.95 bits per heavy atom. The van der Waals surface area contributed by atoms with Crippen LogP contribution in [0.4, 0.5) is 0 Å². The zero-order chi connectivity index (χ0) is 14.2. The summed E-state index contributed by atoms with van der Waals surface area (Å²) in [6.07, 6.45) is 15.2. The highest BCUT2D eigenvalue weighted by atomic mass is 16.2. The van der Waals surface area contributed by atoms with Gasteiger partial charge in [0.05, 0.1) is 5.69 Å². The third kappa shape index (κ3) is 4.44. The Hall–Kier alpha value is -1.71. The van der Waals surface area contributed by atoms with E-state index in [1.165, 1.54) is 38.4 Å². The summed E-state index contributed by atoms with van der Waals surface area (Å²) in [5, 5.41) is 0. The SMILES string of the molecule is CN(C(=O)C=Cc1ccncn1)C1CCCCCCC1. The monoisotopic (exact) mass is 273 g/mol. The summed E-state index contributed by atoms with van der Waals surface area (Å²) in [5.74, 6) is 0.0641. The third-order valence-electron chi connectivity index (χ3n) is 3.97. The fourth-order valence-corrected chi connectivity index (χ4v) is 2.68. The molecule has 20 heavy (non-hydrogen) atoms. The van der Waals surface area contributed by atoms with Gasteiger partial charge in [0, 0.05) is 25.4 Å². The van der Waals surface area contributed by atoms with Gasteiger partial charge in [-0.3, -0.25) is 4.79 Å². The smallest absolute Gasteiger partial charge is 0.246 e. The molecular weight excluding hydrogens is 250 g/mol. The summed E-state index contributed by atoms with van der Waals surface area (Å²) in [4.78, 5) is 22.0. The second-order valence-corrected chi connectivity index (χ2v) is 5.42. The molecule has 1 saturated carbocycles. The summed E-state index contributed by atoms with van der Waals surface area (Å²) in [5.41, 5.74) is 0.763. The van der Waals surface area contributed by atoms with Crippen molar-refractivity contribution in [3.8, 4) is 0 Å². The van der Waals surface area contributed by atoms with E-state index < -0.39 is 0 Å². The highest BCUT2D eigenvalue weighted by molar-refractivity contribution is 5.91. The molecule has 1 amide bonds. The first-order chi connectivity index (χ1) is 9.77. The quantitative estimate of drug-likeness (QED) is 0.795. The number of rotatable bonds is 3. The van der Waals surface area contributed by atoms with Crippen LogP contribution >= 0.6 is 0 Å². The van der Waals surface area contributed by atoms with Crippen LogP contribution in [0, 0.1) is 0 Å². The molecule has 0 atom stereocenters. The lowest BCUT2D eigenvalue weighted by atomic mass is 9.96. The van der Waals surface area contributed by atoms with Crippen molar-refractivity contribution in [1.29, 1.82) is 0 Å². The van der Waals surface area contributed by atoms with Gasteiger partial charge in [-0.25, -0.2) is 9.97 Å². The lowest BCUT2D eigenvalue weighted by Crippen LogP contribution is -2.36. The second kappa shape index (κ2) is 7.78. The van der Waals surface area contributed by atoms with Crippen molar-refractivity contribution in [3.63, 3.8) is 0 Å². The minimum Gasteiger partial charge on any atom is -0.339 e. The summed E-state index contributed by atoms with van der Waals surface area (Å²) in [6, 6.07) is 2.18. The van der Waals surface area contributed by atoms with E-state index in [1.54, 1.807) is 24.4 Å². The Bertz CT molecular complexity index is 436. The lowest BCUT2D eigenvalue weighted by molar-refractivity contribution is -0.127. The summed E-state index contributed by atoms with van der Waals surface area (Å²) >= 11 is 0. The van der Waals surface area contributed by atoms with E-state index in [2.05, 4.69) is 9.97 Å². The number of aromatic nitrogens is 2. The molecule has 1 aromatic rings. The second-order valence-electron chi connectivity index (χ2n) is 5.42. The van der Waals surface area contributed by atoms with Crippen molar-refractivity contribution < 1.29 is 4.79 Å². The number of hydrogen-bond acceptors (Lipinski definition) is 3. The van der Waals surface area contributed by atoms with Gasteiger partial charge in [-0.2, -0.15) is 0 Å². The van der Waals surface area contributed by atoms with E-state index in [4.69, 9.17) is 0 Å². The molecule has 4 nitrogen and oxygen atoms in total. The van der Waals surface area contributed by atoms with E-state index in [0.29, 0.717) is 6.04 Å². The Labute approximate surface area is 120 Å². The van der Waals surface area contributed by atoms with Gasteiger partial charge >= 0.3 is 0 Å². The highest BCUT2D eigenvalue weighted by Gasteiger charge is 2.18. The van der Waals surface area contributed by atoms with E-state index in [9.17, 15) is 4.79 Å². The van der Waals surface area contributed by atoms with Gasteiger partial charge in [-0.1, -0.05) is 32.1 Å². The van der Waals surface area contributed by atoms with Crippen molar-refractivity contribution >= 4 is 12.0 Å². The van der Waals surface area contributed by atoms with Crippen LogP contribution in [0.1, 0.15) is 50.6 Å². The fourth-order valence-electron chi connectivity index (χ4n) is 2.68. The maximum atomic E-state index is 12.2. The summed E-state index contributed by atoms with van der Waals surface area (Å²) in [6.45, 7) is 0. The Balaban J connectivity index is 1.91. The van der Waals surface area contributed by atoms with Gasteiger partial charge < -0.3 is 4.90 Å². The van der Waals surface area contributed by atoms with Crippen LogP contribution < -0.4 is 0 Å². The maximum absolute atomic E-state index is 12.2. The first-order valence-corrected chi connectivity index (χ1v) is 7.48. The van der Waals surface area contributed by atoms with Gasteiger partial charge in [0.25, 0.3) is 0 Å². The molecule has 0 unspecified atom stereocenters. The lowest BCUT2D eigenvalue weighted by Gasteiger charge is -2.28. The van der Waals surface area contributed by atoms with Gasteiger partial charge in [0.2, 0.25) is 5.91 Å². The zero-order valence-electron chi connectivity index (χ0n) is 12.2. The molecule has 1 heterocycles. The first-order valence-electron chi connectivity index (χ1n) is 7.48. The van der Waals surface area contributed by atoms with Crippen molar-refractivity contribution in [3.05, 3.63) is 30.4 Å². The molecule has 108 valence electrons. The molecule has 1 aliphatic carbocycles. The predicted molar refractivity (Wildman–Crippen MR) is 79.9 cm³/mol. The van der Waals surface area contributed by atoms with E-state index >= 15 is 0 Å². The van der Waals surface area contributed by atoms with Crippen LogP contribution in [0.2, 0.25) is 0 Å². The van der Waals surface area contributed by atoms with Crippen LogP contribution in [-0.4, -0.2) is 33.9 Å². The predicted octanol–water partition coefficient (Wildman–Crippen LogP) is 3.06. The summed E-state index contributed by atoms with van der Waals surface area (Å²) in [7, 11) is 1.92. The number of carbonyl (C=O) groups is 1. The van der Waals surface area contributed by atoms with Crippen LogP contribution in [0.5, 0.6) is 0 Å². The van der Waals surface area contributed by atoms with Crippen molar-refractivity contribution in [1.82, 2.24) is 14.9 Å². The van der Waals surface area contributed by atoms with Crippen LogP contribution in [0.3, 0.4) is 0 Å². The normalized spacial score (nSPS) is 17.6. The number of nitrogens with zero attached hydrogens (tertiary/aromatic N) is 3. The molecule has 1 aliphatic rings.